The third kappa shape index (κ3) is 7.68. The summed E-state index contributed by atoms with van der Waals surface area (Å²) in [4.78, 5) is 0. The third-order valence-electron chi connectivity index (χ3n) is 6.13. The van der Waals surface area contributed by atoms with Crippen LogP contribution in [-0.4, -0.2) is 147 Å². The summed E-state index contributed by atoms with van der Waals surface area (Å²) in [6.45, 7) is -0.673. The van der Waals surface area contributed by atoms with Crippen LogP contribution in [0.2, 0.25) is 0 Å². The number of hydrogen-bond acceptors (Lipinski definition) is 16. The summed E-state index contributed by atoms with van der Waals surface area (Å²) < 4.78 is 54.0. The Hall–Kier alpha value is -0.690. The largest absolute Gasteiger partial charge is 0.394 e. The fourth-order valence-electron chi connectivity index (χ4n) is 4.16. The topological polar surface area (TPSA) is 337 Å². The molecule has 0 aromatic carbocycles. The highest BCUT2D eigenvalue weighted by atomic mass is 32.3. The van der Waals surface area contributed by atoms with Crippen LogP contribution in [0.25, 0.3) is 0 Å². The number of hydrogen-bond donors (Lipinski definition) is 12. The molecule has 18 nitrogen and oxygen atoms in total. The molecule has 0 aromatic heterocycles. The fourth-order valence-corrected chi connectivity index (χ4v) is 4.16. The molecule has 3 rings (SSSR count). The third-order valence-corrected chi connectivity index (χ3v) is 6.13. The van der Waals surface area contributed by atoms with Gasteiger partial charge in [0.15, 0.2) is 12.6 Å². The highest BCUT2D eigenvalue weighted by Gasteiger charge is 2.52. The van der Waals surface area contributed by atoms with Crippen molar-refractivity contribution in [3.63, 3.8) is 0 Å². The van der Waals surface area contributed by atoms with Crippen LogP contribution in [0.5, 0.6) is 0 Å². The van der Waals surface area contributed by atoms with Gasteiger partial charge in [-0.15, -0.1) is 0 Å². The zero-order valence-electron chi connectivity index (χ0n) is 18.9. The highest BCUT2D eigenvalue weighted by molar-refractivity contribution is 7.79. The van der Waals surface area contributed by atoms with Crippen molar-refractivity contribution < 1.29 is 67.1 Å². The van der Waals surface area contributed by atoms with Gasteiger partial charge < -0.3 is 72.5 Å². The lowest BCUT2D eigenvalue weighted by atomic mass is 9.84. The molecule has 1 saturated carbocycles. The molecular formula is C17H36N4O14S. The average Bonchev–Trinajstić information content (AvgIpc) is 3.06. The van der Waals surface area contributed by atoms with Gasteiger partial charge in [-0.1, -0.05) is 0 Å². The Morgan fingerprint density at radius 3 is 1.75 bits per heavy atom. The van der Waals surface area contributed by atoms with E-state index in [0.717, 1.165) is 0 Å². The molecule has 2 heterocycles. The van der Waals surface area contributed by atoms with Crippen molar-refractivity contribution in [1.82, 2.24) is 0 Å². The summed E-state index contributed by atoms with van der Waals surface area (Å²) in [5, 5.41) is 60.2. The molecular weight excluding hydrogens is 516 g/mol. The molecule has 3 aliphatic rings. The lowest BCUT2D eigenvalue weighted by Gasteiger charge is -2.47. The van der Waals surface area contributed by atoms with Gasteiger partial charge in [0, 0.05) is 18.6 Å². The Balaban J connectivity index is 0.000000830. The van der Waals surface area contributed by atoms with Crippen LogP contribution >= 0.6 is 0 Å². The molecule has 2 saturated heterocycles. The molecule has 214 valence electrons. The summed E-state index contributed by atoms with van der Waals surface area (Å²) in [5.74, 6) is 0. The summed E-state index contributed by atoms with van der Waals surface area (Å²) in [7, 11) is -4.67. The molecule has 1 unspecified atom stereocenters. The van der Waals surface area contributed by atoms with Crippen LogP contribution in [0.1, 0.15) is 6.42 Å². The first-order valence-electron chi connectivity index (χ1n) is 10.9. The van der Waals surface area contributed by atoms with Gasteiger partial charge in [0.05, 0.1) is 18.8 Å². The lowest BCUT2D eigenvalue weighted by Crippen LogP contribution is -2.68. The van der Waals surface area contributed by atoms with Crippen molar-refractivity contribution in [1.29, 1.82) is 0 Å². The minimum atomic E-state index is -4.67. The second kappa shape index (κ2) is 12.9. The zero-order valence-corrected chi connectivity index (χ0v) is 19.8. The van der Waals surface area contributed by atoms with Crippen LogP contribution in [0.3, 0.4) is 0 Å². The molecule has 19 heteroatoms. The Kier molecular flexibility index (Phi) is 11.3. The monoisotopic (exact) mass is 552 g/mol. The quantitative estimate of drug-likeness (QED) is 0.136. The molecule has 14 atom stereocenters. The first-order chi connectivity index (χ1) is 16.6. The van der Waals surface area contributed by atoms with Gasteiger partial charge in [-0.3, -0.25) is 9.11 Å². The molecule has 2 aliphatic heterocycles. The molecule has 16 N–H and O–H groups in total. The van der Waals surface area contributed by atoms with Crippen molar-refractivity contribution in [3.05, 3.63) is 0 Å². The van der Waals surface area contributed by atoms with Crippen LogP contribution in [-0.2, 0) is 29.3 Å². The standard InChI is InChI=1S/C17H34N4O10.H2O4S/c18-2-6-10(24)12(26)8(21)16(28-6)30-14-5(20)1-4(19)9(23)15(14)31-17-13(27)11(25)7(3-22)29-17;1-5(2,3)4/h4-17,22-27H,1-3,18-21H2;(H2,1,2,3,4)/t4-,5+,6-,7-,8-,9+,10-,11-,12-,13-,14?,15-,16-,17+;/m1./s1. The van der Waals surface area contributed by atoms with Crippen LogP contribution in [0, 0.1) is 0 Å². The number of aliphatic hydroxyl groups excluding tert-OH is 6. The second-order valence-electron chi connectivity index (χ2n) is 8.75. The van der Waals surface area contributed by atoms with Crippen LogP contribution in [0.4, 0.5) is 0 Å². The first kappa shape index (κ1) is 31.5. The summed E-state index contributed by atoms with van der Waals surface area (Å²) in [6, 6.07) is -2.72. The van der Waals surface area contributed by atoms with Gasteiger partial charge in [0.2, 0.25) is 0 Å². The van der Waals surface area contributed by atoms with Gasteiger partial charge in [-0.05, 0) is 6.42 Å². The minimum Gasteiger partial charge on any atom is -0.394 e. The maximum Gasteiger partial charge on any atom is 0.394 e. The Labute approximate surface area is 206 Å². The molecule has 0 aromatic rings. The maximum absolute atomic E-state index is 10.6. The van der Waals surface area contributed by atoms with Gasteiger partial charge in [0.1, 0.15) is 48.8 Å². The Bertz CT molecular complexity index is 787. The van der Waals surface area contributed by atoms with Gasteiger partial charge in [-0.2, -0.15) is 8.42 Å². The summed E-state index contributed by atoms with van der Waals surface area (Å²) >= 11 is 0. The van der Waals surface area contributed by atoms with Crippen molar-refractivity contribution >= 4 is 10.4 Å². The molecule has 3 fully saturated rings. The normalized spacial score (nSPS) is 47.8. The van der Waals surface area contributed by atoms with Crippen molar-refractivity contribution in [3.8, 4) is 0 Å². The van der Waals surface area contributed by atoms with Gasteiger partial charge >= 0.3 is 10.4 Å². The molecule has 36 heavy (non-hydrogen) atoms. The van der Waals surface area contributed by atoms with E-state index in [0.29, 0.717) is 0 Å². The van der Waals surface area contributed by atoms with E-state index in [-0.39, 0.29) is 13.0 Å². The molecule has 1 aliphatic carbocycles. The number of rotatable bonds is 6. The predicted molar refractivity (Wildman–Crippen MR) is 116 cm³/mol. The van der Waals surface area contributed by atoms with Gasteiger partial charge in [-0.25, -0.2) is 0 Å². The number of ether oxygens (including phenoxy) is 4. The molecule has 0 amide bonds. The van der Waals surface area contributed by atoms with E-state index >= 15 is 0 Å². The number of nitrogens with two attached hydrogens (primary N) is 4. The van der Waals surface area contributed by atoms with Crippen LogP contribution in [0.15, 0.2) is 0 Å². The Morgan fingerprint density at radius 1 is 0.750 bits per heavy atom. The molecule has 0 bridgehead atoms. The van der Waals surface area contributed by atoms with Crippen LogP contribution < -0.4 is 22.9 Å². The maximum atomic E-state index is 10.6. The lowest BCUT2D eigenvalue weighted by molar-refractivity contribution is -0.306. The highest BCUT2D eigenvalue weighted by Crippen LogP contribution is 2.31. The fraction of sp³-hybridized carbons (Fsp3) is 1.00. The van der Waals surface area contributed by atoms with E-state index in [1.807, 2.05) is 0 Å². The molecule has 0 radical (unpaired) electrons. The van der Waals surface area contributed by atoms with E-state index in [2.05, 4.69) is 0 Å². The molecule has 0 spiro atoms. The number of aliphatic hydroxyl groups is 6. The predicted octanol–water partition coefficient (Wildman–Crippen LogP) is -7.31. The van der Waals surface area contributed by atoms with E-state index in [9.17, 15) is 30.6 Å². The summed E-state index contributed by atoms with van der Waals surface area (Å²) in [5.41, 5.74) is 23.6. The van der Waals surface area contributed by atoms with E-state index in [1.54, 1.807) is 0 Å². The van der Waals surface area contributed by atoms with E-state index in [1.165, 1.54) is 0 Å². The SMILES string of the molecule is NC[C@H]1O[C@H](OC2[C@@H](N)C[C@@H](N)[C@H](O)[C@H]2O[C@@H]2O[C@H](CO)[C@@H](O)[C@H]2O)[C@H](N)[C@@H](O)[C@@H]1O.O=S(=O)(O)O. The van der Waals surface area contributed by atoms with Crippen molar-refractivity contribution in [2.24, 2.45) is 22.9 Å². The van der Waals surface area contributed by atoms with Crippen molar-refractivity contribution in [2.75, 3.05) is 13.2 Å². The summed E-state index contributed by atoms with van der Waals surface area (Å²) in [6.07, 6.45) is -13.8. The Morgan fingerprint density at radius 2 is 1.25 bits per heavy atom. The zero-order chi connectivity index (χ0) is 27.5. The smallest absolute Gasteiger partial charge is 0.394 e. The second-order valence-corrected chi connectivity index (χ2v) is 9.64. The van der Waals surface area contributed by atoms with E-state index in [4.69, 9.17) is 59.4 Å². The van der Waals surface area contributed by atoms with E-state index < -0.39 is 103 Å². The minimum absolute atomic E-state index is 0.114. The van der Waals surface area contributed by atoms with Gasteiger partial charge in [0.25, 0.3) is 0 Å². The first-order valence-corrected chi connectivity index (χ1v) is 12.3. The average molecular weight is 553 g/mol. The van der Waals surface area contributed by atoms with Crippen molar-refractivity contribution in [2.45, 2.75) is 92.1 Å².